The maximum atomic E-state index is 14.4. The predicted octanol–water partition coefficient (Wildman–Crippen LogP) is 4.27. The van der Waals surface area contributed by atoms with Crippen molar-refractivity contribution in [2.24, 2.45) is 11.3 Å². The van der Waals surface area contributed by atoms with Crippen LogP contribution in [0.3, 0.4) is 0 Å². The molecule has 2 aliphatic carbocycles. The Morgan fingerprint density at radius 1 is 1.38 bits per heavy atom. The number of hydrogen-bond acceptors (Lipinski definition) is 2. The number of rotatable bonds is 4. The van der Waals surface area contributed by atoms with Crippen LogP contribution in [-0.2, 0) is 22.4 Å². The van der Waals surface area contributed by atoms with Gasteiger partial charge in [-0.15, -0.1) is 6.42 Å². The van der Waals surface area contributed by atoms with Gasteiger partial charge in [-0.3, -0.25) is 4.79 Å². The van der Waals surface area contributed by atoms with E-state index in [1.165, 1.54) is 0 Å². The summed E-state index contributed by atoms with van der Waals surface area (Å²) in [6.07, 6.45) is 1.74. The molecule has 4 atom stereocenters. The van der Waals surface area contributed by atoms with Gasteiger partial charge < -0.3 is 4.74 Å². The van der Waals surface area contributed by atoms with Crippen molar-refractivity contribution in [1.29, 1.82) is 0 Å². The van der Waals surface area contributed by atoms with Gasteiger partial charge in [0.15, 0.2) is 11.8 Å². The normalized spacial score (nSPS) is 31.0. The Hall–Kier alpha value is -2.10. The number of halogens is 5. The number of carbonyl (C=O) groups excluding carboxylic acids is 1. The fraction of sp³-hybridized carbons (Fsp3) is 0.526. The molecule has 0 bridgehead atoms. The van der Waals surface area contributed by atoms with E-state index in [-0.39, 0.29) is 0 Å². The van der Waals surface area contributed by atoms with Crippen LogP contribution in [0.15, 0.2) is 18.2 Å². The molecular weight excluding hydrogens is 355 g/mol. The van der Waals surface area contributed by atoms with Crippen LogP contribution in [-0.4, -0.2) is 24.5 Å². The maximum absolute atomic E-state index is 14.4. The fourth-order valence-corrected chi connectivity index (χ4v) is 3.82. The first-order valence-electron chi connectivity index (χ1n) is 8.20. The standard InChI is InChI=1S/C19H17F5O2/c1-3-14(13-8-7-11-5-4-6-12(11)9-13)26-16(25)15-17(2,19(22,23)24)18(15,21)10-20/h1,7-9,14-15H,4-6,10H2,2H3. The second-order valence-corrected chi connectivity index (χ2v) is 6.99. The third kappa shape index (κ3) is 2.50. The molecule has 0 aromatic heterocycles. The lowest BCUT2D eigenvalue weighted by molar-refractivity contribution is -0.200. The van der Waals surface area contributed by atoms with Gasteiger partial charge in [0.05, 0.1) is 0 Å². The molecule has 0 amide bonds. The van der Waals surface area contributed by atoms with E-state index in [0.717, 1.165) is 30.4 Å². The highest BCUT2D eigenvalue weighted by atomic mass is 19.4. The zero-order valence-corrected chi connectivity index (χ0v) is 14.0. The molecule has 7 heteroatoms. The number of benzene rings is 1. The Bertz CT molecular complexity index is 781. The minimum atomic E-state index is -5.09. The van der Waals surface area contributed by atoms with E-state index in [9.17, 15) is 26.7 Å². The van der Waals surface area contributed by atoms with Crippen LogP contribution in [0.4, 0.5) is 22.0 Å². The zero-order chi connectivity index (χ0) is 19.3. The van der Waals surface area contributed by atoms with E-state index in [4.69, 9.17) is 11.2 Å². The number of carbonyl (C=O) groups is 1. The summed E-state index contributed by atoms with van der Waals surface area (Å²) in [7, 11) is 0. The minimum Gasteiger partial charge on any atom is -0.444 e. The van der Waals surface area contributed by atoms with Gasteiger partial charge in [0, 0.05) is 5.56 Å². The monoisotopic (exact) mass is 372 g/mol. The number of esters is 1. The first-order valence-corrected chi connectivity index (χ1v) is 8.20. The molecule has 26 heavy (non-hydrogen) atoms. The van der Waals surface area contributed by atoms with Crippen LogP contribution in [0.2, 0.25) is 0 Å². The van der Waals surface area contributed by atoms with Crippen molar-refractivity contribution in [3.05, 3.63) is 34.9 Å². The number of terminal acetylenes is 1. The van der Waals surface area contributed by atoms with Gasteiger partial charge in [-0.25, -0.2) is 8.78 Å². The van der Waals surface area contributed by atoms with Gasteiger partial charge >= 0.3 is 12.1 Å². The van der Waals surface area contributed by atoms with E-state index in [1.807, 2.05) is 6.07 Å². The molecule has 1 fully saturated rings. The minimum absolute atomic E-state index is 0.431. The second kappa shape index (κ2) is 5.97. The third-order valence-electron chi connectivity index (χ3n) is 5.64. The second-order valence-electron chi connectivity index (χ2n) is 6.99. The van der Waals surface area contributed by atoms with E-state index in [0.29, 0.717) is 12.5 Å². The highest BCUT2D eigenvalue weighted by Gasteiger charge is 2.89. The summed E-state index contributed by atoms with van der Waals surface area (Å²) >= 11 is 0. The Morgan fingerprint density at radius 3 is 2.58 bits per heavy atom. The summed E-state index contributed by atoms with van der Waals surface area (Å²) in [5.74, 6) is -1.56. The molecule has 140 valence electrons. The summed E-state index contributed by atoms with van der Waals surface area (Å²) in [5.41, 5.74) is -3.85. The van der Waals surface area contributed by atoms with Crippen molar-refractivity contribution in [2.45, 2.75) is 44.1 Å². The molecule has 0 aliphatic heterocycles. The fourth-order valence-electron chi connectivity index (χ4n) is 3.82. The SMILES string of the molecule is C#CC(OC(=O)C1C(F)(CF)C1(C)C(F)(F)F)c1ccc2c(c1)CCC2. The Morgan fingerprint density at radius 2 is 2.04 bits per heavy atom. The van der Waals surface area contributed by atoms with Crippen molar-refractivity contribution in [1.82, 2.24) is 0 Å². The zero-order valence-electron chi connectivity index (χ0n) is 14.0. The first kappa shape index (κ1) is 18.7. The van der Waals surface area contributed by atoms with E-state index in [1.54, 1.807) is 12.1 Å². The Kier molecular flexibility index (Phi) is 4.29. The number of hydrogen-bond donors (Lipinski definition) is 0. The van der Waals surface area contributed by atoms with E-state index >= 15 is 0 Å². The summed E-state index contributed by atoms with van der Waals surface area (Å²) < 4.78 is 71.8. The molecule has 1 aromatic carbocycles. The highest BCUT2D eigenvalue weighted by molar-refractivity contribution is 5.81. The first-order chi connectivity index (χ1) is 12.1. The number of aryl methyl sites for hydroxylation is 2. The molecule has 0 heterocycles. The lowest BCUT2D eigenvalue weighted by Crippen LogP contribution is -2.30. The summed E-state index contributed by atoms with van der Waals surface area (Å²) in [6.45, 7) is -1.44. The molecule has 0 saturated heterocycles. The Balaban J connectivity index is 1.82. The topological polar surface area (TPSA) is 26.3 Å². The van der Waals surface area contributed by atoms with Crippen LogP contribution >= 0.6 is 0 Å². The lowest BCUT2D eigenvalue weighted by atomic mass is 10.0. The number of ether oxygens (including phenoxy) is 1. The van der Waals surface area contributed by atoms with Crippen LogP contribution < -0.4 is 0 Å². The summed E-state index contributed by atoms with van der Waals surface area (Å²) in [6, 6.07) is 5.21. The van der Waals surface area contributed by atoms with Crippen LogP contribution in [0.25, 0.3) is 0 Å². The largest absolute Gasteiger partial charge is 0.444 e. The highest BCUT2D eigenvalue weighted by Crippen LogP contribution is 2.72. The number of alkyl halides is 5. The van der Waals surface area contributed by atoms with Crippen LogP contribution in [0, 0.1) is 23.7 Å². The summed E-state index contributed by atoms with van der Waals surface area (Å²) in [4.78, 5) is 12.2. The average Bonchev–Trinajstić information content (AvgIpc) is 2.91. The maximum Gasteiger partial charge on any atom is 0.398 e. The van der Waals surface area contributed by atoms with E-state index < -0.39 is 41.9 Å². The van der Waals surface area contributed by atoms with Crippen molar-refractivity contribution in [3.63, 3.8) is 0 Å². The average molecular weight is 372 g/mol. The molecule has 0 N–H and O–H groups in total. The van der Waals surface area contributed by atoms with Crippen molar-refractivity contribution in [2.75, 3.05) is 6.67 Å². The van der Waals surface area contributed by atoms with Crippen molar-refractivity contribution >= 4 is 5.97 Å². The predicted molar refractivity (Wildman–Crippen MR) is 83.6 cm³/mol. The molecule has 1 aromatic rings. The quantitative estimate of drug-likeness (QED) is 0.448. The van der Waals surface area contributed by atoms with Crippen LogP contribution in [0.1, 0.15) is 36.1 Å². The number of fused-ring (bicyclic) bond motifs is 1. The molecule has 4 unspecified atom stereocenters. The van der Waals surface area contributed by atoms with Gasteiger partial charge in [-0.05, 0) is 37.3 Å². The molecule has 0 spiro atoms. The molecule has 2 aliphatic rings. The third-order valence-corrected chi connectivity index (χ3v) is 5.64. The Labute approximate surface area is 147 Å². The van der Waals surface area contributed by atoms with Gasteiger partial charge in [0.2, 0.25) is 0 Å². The van der Waals surface area contributed by atoms with Gasteiger partial charge in [0.25, 0.3) is 0 Å². The molecule has 2 nitrogen and oxygen atoms in total. The molecular formula is C19H17F5O2. The van der Waals surface area contributed by atoms with Crippen LogP contribution in [0.5, 0.6) is 0 Å². The lowest BCUT2D eigenvalue weighted by Gasteiger charge is -2.17. The molecule has 0 radical (unpaired) electrons. The van der Waals surface area contributed by atoms with Crippen molar-refractivity contribution in [3.8, 4) is 12.3 Å². The van der Waals surface area contributed by atoms with Gasteiger partial charge in [-0.2, -0.15) is 13.2 Å². The van der Waals surface area contributed by atoms with Gasteiger partial charge in [0.1, 0.15) is 18.0 Å². The molecule has 3 rings (SSSR count). The smallest absolute Gasteiger partial charge is 0.398 e. The summed E-state index contributed by atoms with van der Waals surface area (Å²) in [5, 5.41) is 0. The van der Waals surface area contributed by atoms with Crippen molar-refractivity contribution < 1.29 is 31.5 Å². The van der Waals surface area contributed by atoms with Gasteiger partial charge in [-0.1, -0.05) is 24.1 Å². The van der Waals surface area contributed by atoms with E-state index in [2.05, 4.69) is 5.92 Å². The molecule has 1 saturated carbocycles.